The van der Waals surface area contributed by atoms with Gasteiger partial charge in [-0.3, -0.25) is 4.57 Å². The summed E-state index contributed by atoms with van der Waals surface area (Å²) in [6.45, 7) is 2.79. The number of benzene rings is 1. The summed E-state index contributed by atoms with van der Waals surface area (Å²) < 4.78 is 67.2. The molecule has 16 heteroatoms. The Labute approximate surface area is 223 Å². The lowest BCUT2D eigenvalue weighted by molar-refractivity contribution is 0.122. The summed E-state index contributed by atoms with van der Waals surface area (Å²) in [5.41, 5.74) is 0.616. The molecule has 5 rings (SSSR count). The zero-order chi connectivity index (χ0) is 26.9. The molecule has 1 N–H and O–H groups in total. The molecule has 1 unspecified atom stereocenters. The number of anilines is 2. The van der Waals surface area contributed by atoms with Gasteiger partial charge in [0.1, 0.15) is 16.5 Å². The van der Waals surface area contributed by atoms with Crippen LogP contribution >= 0.6 is 11.6 Å². The number of para-hydroxylation sites is 1. The van der Waals surface area contributed by atoms with Crippen molar-refractivity contribution in [3.8, 4) is 11.7 Å². The normalized spacial score (nSPS) is 18.9. The van der Waals surface area contributed by atoms with Crippen molar-refractivity contribution in [2.24, 2.45) is 0 Å². The van der Waals surface area contributed by atoms with Crippen molar-refractivity contribution < 1.29 is 26.7 Å². The molecule has 0 bridgehead atoms. The molecule has 0 radical (unpaired) electrons. The van der Waals surface area contributed by atoms with E-state index in [9.17, 15) is 17.2 Å². The maximum Gasteiger partial charge on any atom is 0.296 e. The number of hydrogen-bond donors (Lipinski definition) is 1. The summed E-state index contributed by atoms with van der Waals surface area (Å²) in [7, 11) is -2.19. The van der Waals surface area contributed by atoms with Gasteiger partial charge in [-0.15, -0.1) is 11.6 Å². The van der Waals surface area contributed by atoms with E-state index >= 15 is 0 Å². The van der Waals surface area contributed by atoms with Gasteiger partial charge >= 0.3 is 0 Å². The minimum Gasteiger partial charge on any atom is -0.494 e. The van der Waals surface area contributed by atoms with Crippen LogP contribution < -0.4 is 19.3 Å². The molecule has 2 fully saturated rings. The number of aromatic nitrogens is 5. The number of hydrogen-bond acceptors (Lipinski definition) is 10. The monoisotopic (exact) mass is 572 g/mol. The first-order valence-electron chi connectivity index (χ1n) is 12.0. The van der Waals surface area contributed by atoms with Gasteiger partial charge in [-0.25, -0.2) is 26.9 Å². The Bertz CT molecular complexity index is 1400. The van der Waals surface area contributed by atoms with Crippen molar-refractivity contribution in [3.63, 3.8) is 0 Å². The highest BCUT2D eigenvalue weighted by atomic mass is 35.5. The largest absolute Gasteiger partial charge is 0.494 e. The van der Waals surface area contributed by atoms with Crippen LogP contribution in [0.5, 0.6) is 5.75 Å². The van der Waals surface area contributed by atoms with E-state index in [1.807, 2.05) is 9.80 Å². The molecule has 2 aromatic heterocycles. The molecule has 0 spiro atoms. The average Bonchev–Trinajstić information content (AvgIpc) is 3.34. The lowest BCUT2D eigenvalue weighted by Crippen LogP contribution is -2.48. The Morgan fingerprint density at radius 3 is 2.50 bits per heavy atom. The number of nitrogens with one attached hydrogen (secondary N) is 1. The van der Waals surface area contributed by atoms with Crippen LogP contribution in [0.4, 0.5) is 20.7 Å². The smallest absolute Gasteiger partial charge is 0.296 e. The Morgan fingerprint density at radius 2 is 1.82 bits per heavy atom. The number of methoxy groups -OCH3 is 1. The lowest BCUT2D eigenvalue weighted by atomic mass is 10.1. The molecular weight excluding hydrogens is 546 g/mol. The van der Waals surface area contributed by atoms with E-state index in [0.29, 0.717) is 62.9 Å². The zero-order valence-electron chi connectivity index (χ0n) is 20.6. The van der Waals surface area contributed by atoms with Gasteiger partial charge in [0.25, 0.3) is 6.43 Å². The minimum atomic E-state index is -3.63. The Morgan fingerprint density at radius 1 is 1.11 bits per heavy atom. The fourth-order valence-electron chi connectivity index (χ4n) is 4.64. The number of piperidine rings is 1. The molecule has 0 amide bonds. The predicted octanol–water partition coefficient (Wildman–Crippen LogP) is 2.08. The summed E-state index contributed by atoms with van der Waals surface area (Å²) in [4.78, 5) is 21.7. The second-order valence-electron chi connectivity index (χ2n) is 8.90. The van der Waals surface area contributed by atoms with Gasteiger partial charge in [-0.1, -0.05) is 6.07 Å². The Balaban J connectivity index is 1.62. The van der Waals surface area contributed by atoms with Crippen LogP contribution in [0.1, 0.15) is 25.1 Å². The van der Waals surface area contributed by atoms with Crippen LogP contribution in [0.2, 0.25) is 0 Å². The Hall–Kier alpha value is -2.88. The molecule has 2 saturated heterocycles. The molecule has 38 heavy (non-hydrogen) atoms. The molecule has 1 aromatic carbocycles. The van der Waals surface area contributed by atoms with Gasteiger partial charge in [0.2, 0.25) is 27.9 Å². The van der Waals surface area contributed by atoms with Gasteiger partial charge in [0.15, 0.2) is 5.82 Å². The van der Waals surface area contributed by atoms with Crippen molar-refractivity contribution in [3.05, 3.63) is 24.0 Å². The lowest BCUT2D eigenvalue weighted by Gasteiger charge is -2.34. The number of fused-ring (bicyclic) bond motifs is 1. The number of halogens is 3. The first kappa shape index (κ1) is 26.7. The predicted molar refractivity (Wildman–Crippen MR) is 137 cm³/mol. The summed E-state index contributed by atoms with van der Waals surface area (Å²) in [6, 6.07) is 4.56. The van der Waals surface area contributed by atoms with E-state index in [2.05, 4.69) is 24.7 Å². The van der Waals surface area contributed by atoms with E-state index in [-0.39, 0.29) is 24.0 Å². The van der Waals surface area contributed by atoms with Gasteiger partial charge in [-0.05, 0) is 25.0 Å². The van der Waals surface area contributed by atoms with Crippen LogP contribution in [-0.4, -0.2) is 90.7 Å². The second kappa shape index (κ2) is 11.1. The van der Waals surface area contributed by atoms with E-state index in [0.717, 1.165) is 0 Å². The van der Waals surface area contributed by atoms with Gasteiger partial charge in [0, 0.05) is 32.2 Å². The fraction of sp³-hybridized carbons (Fsp3) is 0.545. The number of morpholine rings is 1. The highest BCUT2D eigenvalue weighted by Crippen LogP contribution is 2.32. The van der Waals surface area contributed by atoms with E-state index in [1.54, 1.807) is 18.2 Å². The van der Waals surface area contributed by atoms with Crippen LogP contribution in [0.15, 0.2) is 18.2 Å². The van der Waals surface area contributed by atoms with Crippen molar-refractivity contribution in [1.82, 2.24) is 29.2 Å². The number of ether oxygens (including phenoxy) is 2. The van der Waals surface area contributed by atoms with E-state index in [4.69, 9.17) is 21.1 Å². The first-order valence-corrected chi connectivity index (χ1v) is 14.2. The SMILES string of the molecule is COc1cccc2c1nc(C(F)F)n2-c1nc(N2CCOCC2)nc(N2CCCC(NS(=O)(=O)CCl)C2)n1. The maximum atomic E-state index is 14.2. The number of imidazole rings is 1. The second-order valence-corrected chi connectivity index (χ2v) is 11.2. The molecule has 206 valence electrons. The third kappa shape index (κ3) is 5.46. The van der Waals surface area contributed by atoms with Crippen molar-refractivity contribution in [2.75, 3.05) is 61.5 Å². The number of rotatable bonds is 8. The van der Waals surface area contributed by atoms with Gasteiger partial charge < -0.3 is 19.3 Å². The highest BCUT2D eigenvalue weighted by molar-refractivity contribution is 7.90. The topological polar surface area (TPSA) is 128 Å². The number of nitrogens with zero attached hydrogens (tertiary/aromatic N) is 7. The first-order chi connectivity index (χ1) is 18.3. The van der Waals surface area contributed by atoms with Crippen molar-refractivity contribution in [2.45, 2.75) is 25.3 Å². The molecule has 0 aliphatic carbocycles. The highest BCUT2D eigenvalue weighted by Gasteiger charge is 2.29. The van der Waals surface area contributed by atoms with Crippen molar-refractivity contribution in [1.29, 1.82) is 0 Å². The molecule has 2 aliphatic rings. The molecule has 4 heterocycles. The average molecular weight is 573 g/mol. The molecule has 2 aliphatic heterocycles. The van der Waals surface area contributed by atoms with Crippen LogP contribution in [0.25, 0.3) is 17.0 Å². The van der Waals surface area contributed by atoms with E-state index in [1.165, 1.54) is 11.7 Å². The Kier molecular flexibility index (Phi) is 7.79. The summed E-state index contributed by atoms with van der Waals surface area (Å²) >= 11 is 5.57. The zero-order valence-corrected chi connectivity index (χ0v) is 22.1. The molecule has 12 nitrogen and oxygen atoms in total. The number of sulfonamides is 1. The van der Waals surface area contributed by atoms with E-state index < -0.39 is 33.5 Å². The standard InChI is InChI=1S/C22H27ClF2N8O4S/c1-36-16-6-2-5-15-17(16)26-19(18(24)25)33(15)22-28-20(31-8-10-37-11-9-31)27-21(29-22)32-7-3-4-14(12-32)30-38(34,35)13-23/h2,5-6,14,18,30H,3-4,7-13H2,1H3. The van der Waals surface area contributed by atoms with Gasteiger partial charge in [0.05, 0.1) is 25.8 Å². The molecular formula is C22H27ClF2N8O4S. The summed E-state index contributed by atoms with van der Waals surface area (Å²) in [5.74, 6) is 0.348. The van der Waals surface area contributed by atoms with Gasteiger partial charge in [-0.2, -0.15) is 15.0 Å². The summed E-state index contributed by atoms with van der Waals surface area (Å²) in [6.07, 6.45) is -1.64. The molecule has 1 atom stereocenters. The van der Waals surface area contributed by atoms with Crippen molar-refractivity contribution >= 4 is 44.6 Å². The number of alkyl halides is 3. The quantitative estimate of drug-likeness (QED) is 0.401. The molecule has 3 aromatic rings. The third-order valence-electron chi connectivity index (χ3n) is 6.38. The fourth-order valence-corrected chi connectivity index (χ4v) is 5.59. The van der Waals surface area contributed by atoms with Crippen LogP contribution in [0.3, 0.4) is 0 Å². The van der Waals surface area contributed by atoms with Crippen LogP contribution in [0, 0.1) is 0 Å². The minimum absolute atomic E-state index is 0.0222. The maximum absolute atomic E-state index is 14.2. The summed E-state index contributed by atoms with van der Waals surface area (Å²) in [5, 5.41) is -0.547. The third-order valence-corrected chi connectivity index (χ3v) is 8.22. The van der Waals surface area contributed by atoms with Crippen LogP contribution in [-0.2, 0) is 14.8 Å². The molecule has 0 saturated carbocycles.